The van der Waals surface area contributed by atoms with E-state index in [1.807, 2.05) is 31.3 Å². The second-order valence-electron chi connectivity index (χ2n) is 8.39. The zero-order valence-electron chi connectivity index (χ0n) is 18.0. The number of likely N-dealkylation sites (tertiary alicyclic amines) is 1. The van der Waals surface area contributed by atoms with Crippen LogP contribution in [0.3, 0.4) is 0 Å². The van der Waals surface area contributed by atoms with Crippen molar-refractivity contribution in [3.63, 3.8) is 0 Å². The van der Waals surface area contributed by atoms with Gasteiger partial charge in [-0.25, -0.2) is 15.0 Å². The van der Waals surface area contributed by atoms with Gasteiger partial charge >= 0.3 is 0 Å². The predicted octanol–water partition coefficient (Wildman–Crippen LogP) is 3.00. The van der Waals surface area contributed by atoms with E-state index in [-0.39, 0.29) is 11.8 Å². The topological polar surface area (TPSA) is 94.2 Å². The highest BCUT2D eigenvalue weighted by Gasteiger charge is 2.27. The molecule has 162 valence electrons. The molecule has 4 heterocycles. The number of hydrogen-bond donors (Lipinski definition) is 1. The van der Waals surface area contributed by atoms with Crippen molar-refractivity contribution in [2.24, 2.45) is 5.92 Å². The third-order valence-electron chi connectivity index (χ3n) is 6.29. The van der Waals surface area contributed by atoms with E-state index in [2.05, 4.69) is 27.9 Å². The number of aromatic nitrogens is 3. The molecule has 0 aliphatic carbocycles. The van der Waals surface area contributed by atoms with Crippen LogP contribution in [0.15, 0.2) is 36.7 Å². The fourth-order valence-electron chi connectivity index (χ4n) is 4.43. The van der Waals surface area contributed by atoms with Crippen LogP contribution in [0.25, 0.3) is 22.3 Å². The number of rotatable bonds is 2. The van der Waals surface area contributed by atoms with Gasteiger partial charge in [0.05, 0.1) is 11.2 Å². The van der Waals surface area contributed by atoms with Crippen molar-refractivity contribution in [2.75, 3.05) is 32.5 Å². The summed E-state index contributed by atoms with van der Waals surface area (Å²) in [5.41, 5.74) is 11.4. The molecule has 2 aliphatic heterocycles. The van der Waals surface area contributed by atoms with Crippen molar-refractivity contribution >= 4 is 22.8 Å². The lowest BCUT2D eigenvalue weighted by molar-refractivity contribution is -0.128. The number of carbonyl (C=O) groups is 1. The van der Waals surface area contributed by atoms with Crippen molar-refractivity contribution in [1.29, 1.82) is 0 Å². The smallest absolute Gasteiger partial charge is 0.237 e. The molecule has 1 amide bonds. The summed E-state index contributed by atoms with van der Waals surface area (Å²) in [7, 11) is 1.82. The molecule has 0 spiro atoms. The van der Waals surface area contributed by atoms with Gasteiger partial charge in [-0.15, -0.1) is 0 Å². The molecule has 1 aromatic carbocycles. The maximum atomic E-state index is 12.1. The standard InChI is InChI=1S/C25H25N5O2/c1-30-10-7-18(25(30)31)6-5-16-3-2-4-19(13-16)21-14-20(17-8-11-32-12-9-17)22-23(29-21)24(26)28-15-27-22/h2-4,13-15,17-18H,7-12H2,1H3,(H2,26,27,28)/t18-/m0/s1. The molecule has 32 heavy (non-hydrogen) atoms. The minimum absolute atomic E-state index is 0.0985. The summed E-state index contributed by atoms with van der Waals surface area (Å²) < 4.78 is 5.56. The number of nitrogens with two attached hydrogens (primary N) is 1. The molecule has 7 heteroatoms. The van der Waals surface area contributed by atoms with Crippen LogP contribution in [-0.2, 0) is 9.53 Å². The Bertz CT molecular complexity index is 1240. The highest BCUT2D eigenvalue weighted by molar-refractivity contribution is 5.89. The van der Waals surface area contributed by atoms with Gasteiger partial charge in [0.2, 0.25) is 5.91 Å². The van der Waals surface area contributed by atoms with Gasteiger partial charge in [-0.1, -0.05) is 24.0 Å². The Hall–Kier alpha value is -3.50. The van der Waals surface area contributed by atoms with E-state index in [9.17, 15) is 4.79 Å². The van der Waals surface area contributed by atoms with Crippen molar-refractivity contribution in [3.8, 4) is 23.1 Å². The maximum absolute atomic E-state index is 12.1. The van der Waals surface area contributed by atoms with Crippen LogP contribution in [0.4, 0.5) is 5.82 Å². The van der Waals surface area contributed by atoms with Gasteiger partial charge in [0.15, 0.2) is 5.82 Å². The molecule has 5 rings (SSSR count). The zero-order chi connectivity index (χ0) is 22.1. The minimum Gasteiger partial charge on any atom is -0.382 e. The lowest BCUT2D eigenvalue weighted by Crippen LogP contribution is -2.21. The second-order valence-corrected chi connectivity index (χ2v) is 8.39. The third-order valence-corrected chi connectivity index (χ3v) is 6.29. The van der Waals surface area contributed by atoms with Crippen LogP contribution in [0.5, 0.6) is 0 Å². The number of fused-ring (bicyclic) bond motifs is 1. The molecule has 7 nitrogen and oxygen atoms in total. The Morgan fingerprint density at radius 1 is 1.12 bits per heavy atom. The SMILES string of the molecule is CN1CC[C@H](C#Cc2cccc(-c3cc(C4CCOCC4)c4ncnc(N)c4n3)c2)C1=O. The lowest BCUT2D eigenvalue weighted by atomic mass is 9.90. The van der Waals surface area contributed by atoms with E-state index in [1.54, 1.807) is 4.90 Å². The molecule has 2 saturated heterocycles. The number of pyridine rings is 1. The summed E-state index contributed by atoms with van der Waals surface area (Å²) in [6.07, 6.45) is 4.16. The zero-order valence-corrected chi connectivity index (χ0v) is 18.0. The van der Waals surface area contributed by atoms with Crippen LogP contribution in [0.2, 0.25) is 0 Å². The van der Waals surface area contributed by atoms with Crippen LogP contribution in [0, 0.1) is 17.8 Å². The van der Waals surface area contributed by atoms with Crippen molar-refractivity contribution < 1.29 is 9.53 Å². The molecular formula is C25H25N5O2. The highest BCUT2D eigenvalue weighted by atomic mass is 16.5. The first-order chi connectivity index (χ1) is 15.6. The Morgan fingerprint density at radius 2 is 1.97 bits per heavy atom. The van der Waals surface area contributed by atoms with Gasteiger partial charge in [0.1, 0.15) is 17.8 Å². The van der Waals surface area contributed by atoms with Gasteiger partial charge in [0.25, 0.3) is 0 Å². The molecule has 3 aromatic rings. The number of hydrogen-bond acceptors (Lipinski definition) is 6. The molecule has 2 aromatic heterocycles. The summed E-state index contributed by atoms with van der Waals surface area (Å²) in [6, 6.07) is 10.1. The van der Waals surface area contributed by atoms with Crippen LogP contribution in [-0.4, -0.2) is 52.6 Å². The summed E-state index contributed by atoms with van der Waals surface area (Å²) in [4.78, 5) is 27.3. The average molecular weight is 428 g/mol. The second kappa shape index (κ2) is 8.56. The van der Waals surface area contributed by atoms with E-state index in [0.29, 0.717) is 17.3 Å². The molecule has 0 unspecified atom stereocenters. The largest absolute Gasteiger partial charge is 0.382 e. The summed E-state index contributed by atoms with van der Waals surface area (Å²) in [6.45, 7) is 2.24. The third kappa shape index (κ3) is 3.90. The van der Waals surface area contributed by atoms with Crippen molar-refractivity contribution in [1.82, 2.24) is 19.9 Å². The maximum Gasteiger partial charge on any atom is 0.237 e. The van der Waals surface area contributed by atoms with Gasteiger partial charge < -0.3 is 15.4 Å². The summed E-state index contributed by atoms with van der Waals surface area (Å²) in [5, 5.41) is 0. The van der Waals surface area contributed by atoms with Gasteiger partial charge in [-0.3, -0.25) is 4.79 Å². The molecular weight excluding hydrogens is 402 g/mol. The van der Waals surface area contributed by atoms with Gasteiger partial charge in [-0.05, 0) is 48.9 Å². The quantitative estimate of drug-likeness (QED) is 0.632. The van der Waals surface area contributed by atoms with Crippen LogP contribution in [0.1, 0.15) is 36.3 Å². The highest BCUT2D eigenvalue weighted by Crippen LogP contribution is 2.35. The minimum atomic E-state index is -0.223. The normalized spacial score (nSPS) is 19.2. The first-order valence-electron chi connectivity index (χ1n) is 11.0. The Labute approximate surface area is 187 Å². The van der Waals surface area contributed by atoms with Crippen molar-refractivity contribution in [3.05, 3.63) is 47.8 Å². The number of ether oxygens (including phenoxy) is 1. The number of anilines is 1. The predicted molar refractivity (Wildman–Crippen MR) is 123 cm³/mol. The number of carbonyl (C=O) groups excluding carboxylic acids is 1. The molecule has 0 saturated carbocycles. The monoisotopic (exact) mass is 427 g/mol. The Balaban J connectivity index is 1.54. The number of amides is 1. The Morgan fingerprint density at radius 3 is 2.75 bits per heavy atom. The van der Waals surface area contributed by atoms with Gasteiger partial charge in [-0.2, -0.15) is 0 Å². The first kappa shape index (κ1) is 20.4. The van der Waals surface area contributed by atoms with E-state index in [1.165, 1.54) is 6.33 Å². The summed E-state index contributed by atoms with van der Waals surface area (Å²) >= 11 is 0. The molecule has 2 N–H and O–H groups in total. The Kier molecular flexibility index (Phi) is 5.46. The molecule has 0 radical (unpaired) electrons. The fourth-order valence-corrected chi connectivity index (χ4v) is 4.43. The summed E-state index contributed by atoms with van der Waals surface area (Å²) in [5.74, 6) is 6.92. The molecule has 1 atom stereocenters. The number of nitrogen functional groups attached to an aromatic ring is 1. The number of benzene rings is 1. The van der Waals surface area contributed by atoms with E-state index in [4.69, 9.17) is 15.5 Å². The average Bonchev–Trinajstić information content (AvgIpc) is 3.15. The lowest BCUT2D eigenvalue weighted by Gasteiger charge is -2.23. The molecule has 2 fully saturated rings. The van der Waals surface area contributed by atoms with Crippen molar-refractivity contribution in [2.45, 2.75) is 25.2 Å². The first-order valence-corrected chi connectivity index (χ1v) is 11.0. The fraction of sp³-hybridized carbons (Fsp3) is 0.360. The van der Waals surface area contributed by atoms with Gasteiger partial charge in [0, 0.05) is 37.9 Å². The molecule has 0 bridgehead atoms. The number of nitrogens with zero attached hydrogens (tertiary/aromatic N) is 4. The van der Waals surface area contributed by atoms with E-state index < -0.39 is 0 Å². The van der Waals surface area contributed by atoms with E-state index >= 15 is 0 Å². The van der Waals surface area contributed by atoms with Crippen LogP contribution < -0.4 is 5.73 Å². The van der Waals surface area contributed by atoms with Crippen LogP contribution >= 0.6 is 0 Å². The molecule has 2 aliphatic rings. The van der Waals surface area contributed by atoms with E-state index in [0.717, 1.165) is 66.9 Å².